The van der Waals surface area contributed by atoms with Crippen LogP contribution in [0.5, 0.6) is 5.75 Å². The molecule has 0 N–H and O–H groups in total. The first kappa shape index (κ1) is 18.4. The van der Waals surface area contributed by atoms with Gasteiger partial charge in [-0.2, -0.15) is 0 Å². The molecule has 2 rings (SSSR count). The first-order valence-corrected chi connectivity index (χ1v) is 8.13. The van der Waals surface area contributed by atoms with Gasteiger partial charge in [-0.3, -0.25) is 4.79 Å². The zero-order valence-electron chi connectivity index (χ0n) is 14.3. The van der Waals surface area contributed by atoms with Crippen LogP contribution in [-0.2, 0) is 19.0 Å². The van der Waals surface area contributed by atoms with Gasteiger partial charge in [-0.05, 0) is 51.0 Å². The number of methoxy groups -OCH3 is 1. The van der Waals surface area contributed by atoms with E-state index in [-0.39, 0.29) is 11.9 Å². The molecule has 1 saturated heterocycles. The Balaban J connectivity index is 1.81. The fraction of sp³-hybridized carbons (Fsp3) is 0.556. The Kier molecular flexibility index (Phi) is 6.75. The Morgan fingerprint density at radius 1 is 1.21 bits per heavy atom. The van der Waals surface area contributed by atoms with Crippen molar-refractivity contribution in [1.82, 2.24) is 0 Å². The van der Waals surface area contributed by atoms with Gasteiger partial charge in [-0.1, -0.05) is 0 Å². The van der Waals surface area contributed by atoms with Gasteiger partial charge in [-0.25, -0.2) is 4.79 Å². The van der Waals surface area contributed by atoms with E-state index >= 15 is 0 Å². The average molecular weight is 336 g/mol. The van der Waals surface area contributed by atoms with Gasteiger partial charge in [0.2, 0.25) is 5.78 Å². The first-order valence-electron chi connectivity index (χ1n) is 8.13. The molecule has 1 aromatic rings. The van der Waals surface area contributed by atoms with Crippen LogP contribution in [-0.4, -0.2) is 50.4 Å². The van der Waals surface area contributed by atoms with Crippen molar-refractivity contribution in [1.29, 1.82) is 0 Å². The number of hydrogen-bond acceptors (Lipinski definition) is 6. The van der Waals surface area contributed by atoms with Gasteiger partial charge in [0, 0.05) is 12.2 Å². The Morgan fingerprint density at radius 3 is 2.50 bits per heavy atom. The maximum Gasteiger partial charge on any atom is 0.335 e. The van der Waals surface area contributed by atoms with Crippen molar-refractivity contribution in [2.75, 3.05) is 20.3 Å². The quantitative estimate of drug-likeness (QED) is 0.536. The van der Waals surface area contributed by atoms with Crippen molar-refractivity contribution in [2.45, 2.75) is 45.0 Å². The highest BCUT2D eigenvalue weighted by atomic mass is 16.6. The molecule has 3 unspecified atom stereocenters. The second-order valence-electron chi connectivity index (χ2n) is 5.78. The Labute approximate surface area is 142 Å². The van der Waals surface area contributed by atoms with Crippen LogP contribution in [0.25, 0.3) is 0 Å². The van der Waals surface area contributed by atoms with Crippen molar-refractivity contribution in [3.8, 4) is 5.75 Å². The Hall–Kier alpha value is -1.92. The van der Waals surface area contributed by atoms with Gasteiger partial charge in [0.05, 0.1) is 19.8 Å². The molecule has 6 heteroatoms. The highest BCUT2D eigenvalue weighted by Crippen LogP contribution is 2.15. The summed E-state index contributed by atoms with van der Waals surface area (Å²) >= 11 is 0. The van der Waals surface area contributed by atoms with Gasteiger partial charge in [-0.15, -0.1) is 0 Å². The summed E-state index contributed by atoms with van der Waals surface area (Å²) in [6, 6.07) is 6.66. The number of benzene rings is 1. The summed E-state index contributed by atoms with van der Waals surface area (Å²) in [5.41, 5.74) is 0.462. The monoisotopic (exact) mass is 336 g/mol. The predicted molar refractivity (Wildman–Crippen MR) is 87.3 cm³/mol. The van der Waals surface area contributed by atoms with E-state index in [2.05, 4.69) is 0 Å². The summed E-state index contributed by atoms with van der Waals surface area (Å²) in [5, 5.41) is 0. The summed E-state index contributed by atoms with van der Waals surface area (Å²) in [5.74, 6) is -0.160. The molecule has 24 heavy (non-hydrogen) atoms. The van der Waals surface area contributed by atoms with Gasteiger partial charge < -0.3 is 18.9 Å². The molecule has 1 aliphatic heterocycles. The van der Waals surface area contributed by atoms with Crippen molar-refractivity contribution in [3.05, 3.63) is 29.8 Å². The summed E-state index contributed by atoms with van der Waals surface area (Å²) in [7, 11) is 1.55. The van der Waals surface area contributed by atoms with E-state index in [4.69, 9.17) is 18.9 Å². The van der Waals surface area contributed by atoms with Crippen molar-refractivity contribution >= 4 is 11.8 Å². The number of carbonyl (C=O) groups is 2. The fourth-order valence-corrected chi connectivity index (χ4v) is 2.41. The van der Waals surface area contributed by atoms with Crippen LogP contribution in [0.15, 0.2) is 24.3 Å². The topological polar surface area (TPSA) is 71.1 Å². The molecule has 1 heterocycles. The third-order valence-electron chi connectivity index (χ3n) is 3.92. The van der Waals surface area contributed by atoms with Gasteiger partial charge in [0.1, 0.15) is 5.75 Å². The van der Waals surface area contributed by atoms with E-state index < -0.39 is 18.2 Å². The minimum absolute atomic E-state index is 0.0404. The van der Waals surface area contributed by atoms with Gasteiger partial charge in [0.25, 0.3) is 0 Å². The van der Waals surface area contributed by atoms with E-state index in [1.165, 1.54) is 0 Å². The summed E-state index contributed by atoms with van der Waals surface area (Å²) < 4.78 is 21.2. The molecular formula is C18H24O6. The minimum atomic E-state index is -0.875. The molecule has 0 saturated carbocycles. The number of ketones is 1. The number of carbonyl (C=O) groups excluding carboxylic acids is 2. The normalized spacial score (nSPS) is 19.5. The lowest BCUT2D eigenvalue weighted by atomic mass is 10.1. The van der Waals surface area contributed by atoms with Gasteiger partial charge >= 0.3 is 5.97 Å². The zero-order chi connectivity index (χ0) is 17.5. The van der Waals surface area contributed by atoms with Gasteiger partial charge in [0.15, 0.2) is 12.2 Å². The predicted octanol–water partition coefficient (Wildman–Crippen LogP) is 2.39. The van der Waals surface area contributed by atoms with E-state index in [1.807, 2.05) is 0 Å². The molecule has 0 aliphatic carbocycles. The molecule has 0 amide bonds. The van der Waals surface area contributed by atoms with Crippen molar-refractivity contribution in [3.63, 3.8) is 0 Å². The highest BCUT2D eigenvalue weighted by molar-refractivity contribution is 6.00. The smallest absolute Gasteiger partial charge is 0.335 e. The maximum absolute atomic E-state index is 12.3. The van der Waals surface area contributed by atoms with Crippen LogP contribution in [0.3, 0.4) is 0 Å². The fourth-order valence-electron chi connectivity index (χ4n) is 2.41. The van der Waals surface area contributed by atoms with E-state index in [0.29, 0.717) is 17.9 Å². The maximum atomic E-state index is 12.3. The molecule has 0 radical (unpaired) electrons. The van der Waals surface area contributed by atoms with E-state index in [0.717, 1.165) is 19.4 Å². The molecule has 1 fully saturated rings. The van der Waals surface area contributed by atoms with Crippen LogP contribution in [0.1, 0.15) is 37.0 Å². The second-order valence-corrected chi connectivity index (χ2v) is 5.78. The number of ether oxygens (including phenoxy) is 4. The SMILES string of the molecule is COc1ccc(C(=O)C(C)OC(=O)C(C)OCC2CCCO2)cc1. The highest BCUT2D eigenvalue weighted by Gasteiger charge is 2.25. The second kappa shape index (κ2) is 8.80. The van der Waals surface area contributed by atoms with Crippen LogP contribution < -0.4 is 4.74 Å². The molecular weight excluding hydrogens is 312 g/mol. The standard InChI is InChI=1S/C18H24O6/c1-12(17(19)14-6-8-15(21-3)9-7-14)24-18(20)13(2)23-11-16-5-4-10-22-16/h6-9,12-13,16H,4-5,10-11H2,1-3H3. The molecule has 3 atom stereocenters. The summed E-state index contributed by atoms with van der Waals surface area (Å²) in [6.07, 6.45) is 0.382. The lowest BCUT2D eigenvalue weighted by molar-refractivity contribution is -0.160. The zero-order valence-corrected chi connectivity index (χ0v) is 14.3. The number of Topliss-reactive ketones (excluding diaryl/α,β-unsaturated/α-hetero) is 1. The van der Waals surface area contributed by atoms with Crippen molar-refractivity contribution in [2.24, 2.45) is 0 Å². The lowest BCUT2D eigenvalue weighted by Crippen LogP contribution is -2.32. The van der Waals surface area contributed by atoms with E-state index in [1.54, 1.807) is 45.2 Å². The van der Waals surface area contributed by atoms with Crippen LogP contribution in [0, 0.1) is 0 Å². The molecule has 1 aromatic carbocycles. The van der Waals surface area contributed by atoms with Crippen LogP contribution in [0.2, 0.25) is 0 Å². The van der Waals surface area contributed by atoms with Crippen LogP contribution >= 0.6 is 0 Å². The van der Waals surface area contributed by atoms with E-state index in [9.17, 15) is 9.59 Å². The third-order valence-corrected chi connectivity index (χ3v) is 3.92. The molecule has 132 valence electrons. The Morgan fingerprint density at radius 2 is 1.92 bits per heavy atom. The summed E-state index contributed by atoms with van der Waals surface area (Å²) in [6.45, 7) is 4.26. The van der Waals surface area contributed by atoms with Crippen molar-refractivity contribution < 1.29 is 28.5 Å². The molecule has 6 nitrogen and oxygen atoms in total. The minimum Gasteiger partial charge on any atom is -0.497 e. The average Bonchev–Trinajstić information content (AvgIpc) is 3.12. The third kappa shape index (κ3) is 5.04. The Bertz CT molecular complexity index is 547. The largest absolute Gasteiger partial charge is 0.497 e. The summed E-state index contributed by atoms with van der Waals surface area (Å²) in [4.78, 5) is 24.3. The number of esters is 1. The lowest BCUT2D eigenvalue weighted by Gasteiger charge is -2.18. The number of rotatable bonds is 8. The molecule has 0 spiro atoms. The van der Waals surface area contributed by atoms with Crippen LogP contribution in [0.4, 0.5) is 0 Å². The molecule has 0 aromatic heterocycles. The molecule has 0 bridgehead atoms. The number of hydrogen-bond donors (Lipinski definition) is 0. The molecule has 1 aliphatic rings. The first-order chi connectivity index (χ1) is 11.5.